The van der Waals surface area contributed by atoms with Crippen LogP contribution in [0.2, 0.25) is 0 Å². The molecule has 2 unspecified atom stereocenters. The quantitative estimate of drug-likeness (QED) is 0.386. The van der Waals surface area contributed by atoms with Crippen LogP contribution in [-0.4, -0.2) is 24.2 Å². The first-order valence-electron chi connectivity index (χ1n) is 8.55. The zero-order valence-corrected chi connectivity index (χ0v) is 18.0. The summed E-state index contributed by atoms with van der Waals surface area (Å²) < 4.78 is 5.26. The van der Waals surface area contributed by atoms with Crippen LogP contribution in [0.15, 0.2) is 39.8 Å². The number of halogens is 1. The van der Waals surface area contributed by atoms with E-state index in [0.29, 0.717) is 6.54 Å². The lowest BCUT2D eigenvalue weighted by Gasteiger charge is -2.19. The van der Waals surface area contributed by atoms with E-state index in [1.807, 2.05) is 19.9 Å². The second-order valence-corrected chi connectivity index (χ2v) is 6.14. The van der Waals surface area contributed by atoms with Gasteiger partial charge in [0.05, 0.1) is 11.7 Å². The molecule has 0 fully saturated rings. The van der Waals surface area contributed by atoms with Gasteiger partial charge in [-0.1, -0.05) is 42.4 Å². The fourth-order valence-electron chi connectivity index (χ4n) is 2.86. The highest BCUT2D eigenvalue weighted by Crippen LogP contribution is 2.23. The Balaban J connectivity index is 0.00000312. The van der Waals surface area contributed by atoms with Crippen molar-refractivity contribution in [3.63, 3.8) is 0 Å². The van der Waals surface area contributed by atoms with Crippen LogP contribution in [0.5, 0.6) is 0 Å². The molecule has 1 aromatic heterocycles. The highest BCUT2D eigenvalue weighted by Gasteiger charge is 2.16. The van der Waals surface area contributed by atoms with Crippen molar-refractivity contribution < 1.29 is 4.52 Å². The third kappa shape index (κ3) is 6.02. The van der Waals surface area contributed by atoms with Crippen LogP contribution in [0.1, 0.15) is 55.3 Å². The summed E-state index contributed by atoms with van der Waals surface area (Å²) in [7, 11) is 0. The van der Waals surface area contributed by atoms with Crippen LogP contribution < -0.4 is 10.6 Å². The molecule has 25 heavy (non-hydrogen) atoms. The molecule has 1 aromatic carbocycles. The van der Waals surface area contributed by atoms with Gasteiger partial charge < -0.3 is 15.2 Å². The van der Waals surface area contributed by atoms with Crippen molar-refractivity contribution in [1.82, 2.24) is 15.8 Å². The second kappa shape index (κ2) is 10.4. The van der Waals surface area contributed by atoms with Gasteiger partial charge in [-0.05, 0) is 33.3 Å². The smallest absolute Gasteiger partial charge is 0.191 e. The number of hydrogen-bond donors (Lipinski definition) is 2. The van der Waals surface area contributed by atoms with E-state index in [4.69, 9.17) is 9.52 Å². The van der Waals surface area contributed by atoms with Crippen molar-refractivity contribution >= 4 is 29.9 Å². The first-order chi connectivity index (χ1) is 11.5. The van der Waals surface area contributed by atoms with Crippen molar-refractivity contribution in [2.24, 2.45) is 4.99 Å². The van der Waals surface area contributed by atoms with E-state index in [0.717, 1.165) is 29.5 Å². The third-order valence-corrected chi connectivity index (χ3v) is 4.10. The van der Waals surface area contributed by atoms with Gasteiger partial charge in [0.25, 0.3) is 0 Å². The molecule has 0 bridgehead atoms. The van der Waals surface area contributed by atoms with Gasteiger partial charge in [-0.3, -0.25) is 4.99 Å². The van der Waals surface area contributed by atoms with Crippen molar-refractivity contribution in [3.05, 3.63) is 52.9 Å². The molecule has 0 aliphatic rings. The number of aromatic nitrogens is 1. The molecule has 0 aliphatic heterocycles. The Kier molecular flexibility index (Phi) is 8.96. The summed E-state index contributed by atoms with van der Waals surface area (Å²) in [4.78, 5) is 4.74. The standard InChI is InChI=1S/C19H28N4O.HI/c1-6-20-19(22-14(3)17-10-8-7-9-11-17)21-12-13(2)18-15(4)23-24-16(18)5;/h7-11,13-14H,6,12H2,1-5H3,(H2,20,21,22);1H. The summed E-state index contributed by atoms with van der Waals surface area (Å²) in [5.41, 5.74) is 3.35. The first kappa shape index (κ1) is 21.5. The Morgan fingerprint density at radius 3 is 2.44 bits per heavy atom. The molecule has 0 radical (unpaired) electrons. The number of aliphatic imine (C=N–C) groups is 1. The monoisotopic (exact) mass is 456 g/mol. The summed E-state index contributed by atoms with van der Waals surface area (Å²) in [6, 6.07) is 10.6. The maximum Gasteiger partial charge on any atom is 0.191 e. The van der Waals surface area contributed by atoms with Gasteiger partial charge in [0.15, 0.2) is 5.96 Å². The zero-order valence-electron chi connectivity index (χ0n) is 15.7. The average molecular weight is 456 g/mol. The maximum absolute atomic E-state index is 5.26. The van der Waals surface area contributed by atoms with Crippen LogP contribution in [0, 0.1) is 13.8 Å². The number of aryl methyl sites for hydroxylation is 2. The Hall–Kier alpha value is -1.57. The molecular formula is C19H29IN4O. The lowest BCUT2D eigenvalue weighted by atomic mass is 10.00. The molecule has 6 heteroatoms. The van der Waals surface area contributed by atoms with Crippen molar-refractivity contribution in [1.29, 1.82) is 0 Å². The van der Waals surface area contributed by atoms with Gasteiger partial charge in [0, 0.05) is 24.6 Å². The number of guanidine groups is 1. The van der Waals surface area contributed by atoms with Gasteiger partial charge in [-0.2, -0.15) is 0 Å². The van der Waals surface area contributed by atoms with E-state index < -0.39 is 0 Å². The molecule has 0 spiro atoms. The molecule has 2 aromatic rings. The van der Waals surface area contributed by atoms with Crippen molar-refractivity contribution in [3.8, 4) is 0 Å². The van der Waals surface area contributed by atoms with Gasteiger partial charge in [0.1, 0.15) is 5.76 Å². The van der Waals surface area contributed by atoms with Gasteiger partial charge >= 0.3 is 0 Å². The Morgan fingerprint density at radius 1 is 1.20 bits per heavy atom. The van der Waals surface area contributed by atoms with Crippen LogP contribution in [0.4, 0.5) is 0 Å². The molecule has 138 valence electrons. The summed E-state index contributed by atoms with van der Waals surface area (Å²) in [6.45, 7) is 11.8. The molecular weight excluding hydrogens is 427 g/mol. The third-order valence-electron chi connectivity index (χ3n) is 4.10. The Bertz CT molecular complexity index is 650. The highest BCUT2D eigenvalue weighted by molar-refractivity contribution is 14.0. The van der Waals surface area contributed by atoms with Gasteiger partial charge in [0.2, 0.25) is 0 Å². The van der Waals surface area contributed by atoms with Crippen LogP contribution in [-0.2, 0) is 0 Å². The maximum atomic E-state index is 5.26. The predicted molar refractivity (Wildman–Crippen MR) is 114 cm³/mol. The minimum absolute atomic E-state index is 0. The summed E-state index contributed by atoms with van der Waals surface area (Å²) >= 11 is 0. The molecule has 0 saturated heterocycles. The summed E-state index contributed by atoms with van der Waals surface area (Å²) in [5.74, 6) is 1.97. The zero-order chi connectivity index (χ0) is 17.5. The Morgan fingerprint density at radius 2 is 1.88 bits per heavy atom. The van der Waals surface area contributed by atoms with Gasteiger partial charge in [-0.25, -0.2) is 0 Å². The Labute approximate surface area is 167 Å². The van der Waals surface area contributed by atoms with E-state index in [1.54, 1.807) is 0 Å². The van der Waals surface area contributed by atoms with Crippen LogP contribution in [0.25, 0.3) is 0 Å². The fraction of sp³-hybridized carbons (Fsp3) is 0.474. The van der Waals surface area contributed by atoms with E-state index in [2.05, 4.69) is 60.8 Å². The SMILES string of the molecule is CCNC(=NCC(C)c1c(C)noc1C)NC(C)c1ccccc1.I. The van der Waals surface area contributed by atoms with E-state index in [9.17, 15) is 0 Å². The number of nitrogens with zero attached hydrogens (tertiary/aromatic N) is 2. The first-order valence-corrected chi connectivity index (χ1v) is 8.55. The largest absolute Gasteiger partial charge is 0.361 e. The molecule has 2 atom stereocenters. The molecule has 5 nitrogen and oxygen atoms in total. The summed E-state index contributed by atoms with van der Waals surface area (Å²) in [6.07, 6.45) is 0. The highest BCUT2D eigenvalue weighted by atomic mass is 127. The van der Waals surface area contributed by atoms with E-state index in [1.165, 1.54) is 5.56 Å². The minimum Gasteiger partial charge on any atom is -0.361 e. The molecule has 2 N–H and O–H groups in total. The number of hydrogen-bond acceptors (Lipinski definition) is 3. The number of benzene rings is 1. The molecule has 2 rings (SSSR count). The molecule has 1 heterocycles. The number of nitrogens with one attached hydrogen (secondary N) is 2. The second-order valence-electron chi connectivity index (χ2n) is 6.14. The molecule has 0 aliphatic carbocycles. The average Bonchev–Trinajstić information content (AvgIpc) is 2.92. The van der Waals surface area contributed by atoms with E-state index in [-0.39, 0.29) is 35.9 Å². The number of rotatable bonds is 6. The van der Waals surface area contributed by atoms with Gasteiger partial charge in [-0.15, -0.1) is 24.0 Å². The minimum atomic E-state index is 0. The van der Waals surface area contributed by atoms with Crippen LogP contribution >= 0.6 is 24.0 Å². The normalized spacial score (nSPS) is 13.7. The molecule has 0 amide bonds. The van der Waals surface area contributed by atoms with Crippen molar-refractivity contribution in [2.75, 3.05) is 13.1 Å². The summed E-state index contributed by atoms with van der Waals surface area (Å²) in [5, 5.41) is 10.8. The lowest BCUT2D eigenvalue weighted by Crippen LogP contribution is -2.39. The van der Waals surface area contributed by atoms with E-state index >= 15 is 0 Å². The van der Waals surface area contributed by atoms with Crippen molar-refractivity contribution in [2.45, 2.75) is 46.6 Å². The fourth-order valence-corrected chi connectivity index (χ4v) is 2.86. The van der Waals surface area contributed by atoms with Crippen LogP contribution in [0.3, 0.4) is 0 Å². The predicted octanol–water partition coefficient (Wildman–Crippen LogP) is 4.33. The topological polar surface area (TPSA) is 62.5 Å². The molecule has 0 saturated carbocycles. The lowest BCUT2D eigenvalue weighted by molar-refractivity contribution is 0.391.